The summed E-state index contributed by atoms with van der Waals surface area (Å²) in [6, 6.07) is 97.9. The summed E-state index contributed by atoms with van der Waals surface area (Å²) in [6.45, 7) is 13.9. The number of hydrogen-bond donors (Lipinski definition) is 0. The van der Waals surface area contributed by atoms with Crippen molar-refractivity contribution in [1.82, 2.24) is 14.5 Å². The number of nitrogens with zero attached hydrogens (tertiary/aromatic N) is 5. The van der Waals surface area contributed by atoms with Crippen LogP contribution in [0.3, 0.4) is 0 Å². The first-order chi connectivity index (χ1) is 40.9. The number of rotatable bonds is 8. The molecule has 6 heteroatoms. The van der Waals surface area contributed by atoms with Gasteiger partial charge >= 0.3 is 0 Å². The molecule has 0 unspecified atom stereocenters. The molecule has 0 radical (unpaired) electrons. The Balaban J connectivity index is 0.955. The van der Waals surface area contributed by atoms with Gasteiger partial charge in [0.05, 0.1) is 28.1 Å². The van der Waals surface area contributed by atoms with Gasteiger partial charge in [-0.15, -0.1) is 0 Å². The highest BCUT2D eigenvalue weighted by molar-refractivity contribution is 7.00. The Kier molecular flexibility index (Phi) is 12.0. The van der Waals surface area contributed by atoms with Gasteiger partial charge < -0.3 is 14.4 Å². The summed E-state index contributed by atoms with van der Waals surface area (Å²) < 4.78 is 2.49. The molecule has 0 bridgehead atoms. The van der Waals surface area contributed by atoms with Gasteiger partial charge in [0, 0.05) is 67.2 Å². The SMILES string of the molecule is CC(C)(C)c1ccc2c(c1)c1cc(C(C)(C)C)ccc1n2-c1ccc(-c2nc(-c3ccccc3)cc(-c3ccccc3)n2)cc1-c1ccc(-c2cc3c4c(c2)N(c2ccccc2)c2ccccc2B4c2ccccc2N3c2ccccc2)cc1. The molecule has 84 heavy (non-hydrogen) atoms. The molecule has 0 fully saturated rings. The average molecular weight is 1080 g/mol. The number of para-hydroxylation sites is 4. The zero-order valence-electron chi connectivity index (χ0n) is 48.2. The van der Waals surface area contributed by atoms with Gasteiger partial charge in [0.15, 0.2) is 5.82 Å². The van der Waals surface area contributed by atoms with E-state index in [4.69, 9.17) is 9.97 Å². The summed E-state index contributed by atoms with van der Waals surface area (Å²) in [6.07, 6.45) is 0. The highest BCUT2D eigenvalue weighted by Gasteiger charge is 2.43. The normalized spacial score (nSPS) is 12.8. The zero-order chi connectivity index (χ0) is 56.8. The molecule has 0 atom stereocenters. The monoisotopic (exact) mass is 1080 g/mol. The van der Waals surface area contributed by atoms with Gasteiger partial charge in [-0.2, -0.15) is 0 Å². The van der Waals surface area contributed by atoms with Crippen molar-refractivity contribution in [3.8, 4) is 61.8 Å². The molecule has 0 saturated heterocycles. The van der Waals surface area contributed by atoms with Crippen LogP contribution in [0.5, 0.6) is 0 Å². The summed E-state index contributed by atoms with van der Waals surface area (Å²) in [5.41, 5.74) is 26.0. The maximum absolute atomic E-state index is 5.37. The molecule has 5 nitrogen and oxygen atoms in total. The van der Waals surface area contributed by atoms with Crippen LogP contribution in [0.25, 0.3) is 83.6 Å². The molecule has 0 spiro atoms. The van der Waals surface area contributed by atoms with Gasteiger partial charge in [-0.1, -0.05) is 211 Å². The largest absolute Gasteiger partial charge is 0.311 e. The molecule has 0 N–H and O–H groups in total. The lowest BCUT2D eigenvalue weighted by molar-refractivity contribution is 0.590. The van der Waals surface area contributed by atoms with Crippen molar-refractivity contribution < 1.29 is 0 Å². The van der Waals surface area contributed by atoms with Crippen LogP contribution in [0, 0.1) is 0 Å². The molecule has 15 rings (SSSR count). The topological polar surface area (TPSA) is 37.2 Å². The third-order valence-corrected chi connectivity index (χ3v) is 17.3. The van der Waals surface area contributed by atoms with Crippen LogP contribution in [0.4, 0.5) is 34.1 Å². The molecule has 4 heterocycles. The van der Waals surface area contributed by atoms with Gasteiger partial charge in [0.1, 0.15) is 0 Å². The molecule has 2 aromatic heterocycles. The predicted octanol–water partition coefficient (Wildman–Crippen LogP) is 18.6. The van der Waals surface area contributed by atoms with E-state index in [1.54, 1.807) is 0 Å². The third kappa shape index (κ3) is 8.63. The van der Waals surface area contributed by atoms with E-state index in [-0.39, 0.29) is 17.5 Å². The van der Waals surface area contributed by atoms with E-state index >= 15 is 0 Å². The molecule has 13 aromatic rings. The van der Waals surface area contributed by atoms with Gasteiger partial charge in [0.2, 0.25) is 0 Å². The number of fused-ring (bicyclic) bond motifs is 7. The molecule has 2 aliphatic rings. The first kappa shape index (κ1) is 50.9. The second-order valence-corrected chi connectivity index (χ2v) is 24.6. The van der Waals surface area contributed by atoms with Crippen molar-refractivity contribution in [3.05, 3.63) is 278 Å². The Morgan fingerprint density at radius 1 is 0.321 bits per heavy atom. The number of anilines is 6. The molecule has 0 amide bonds. The first-order valence-electron chi connectivity index (χ1n) is 29.3. The van der Waals surface area contributed by atoms with Crippen molar-refractivity contribution in [2.24, 2.45) is 0 Å². The Bertz CT molecular complexity index is 4430. The molecular formula is C78H62BN5. The number of hydrogen-bond acceptors (Lipinski definition) is 4. The smallest absolute Gasteiger partial charge is 0.252 e. The van der Waals surface area contributed by atoms with Gasteiger partial charge in [-0.3, -0.25) is 0 Å². The molecule has 2 aliphatic heterocycles. The van der Waals surface area contributed by atoms with Crippen LogP contribution in [0.1, 0.15) is 52.7 Å². The van der Waals surface area contributed by atoms with Crippen molar-refractivity contribution in [2.45, 2.75) is 52.4 Å². The quantitative estimate of drug-likeness (QED) is 0.142. The lowest BCUT2D eigenvalue weighted by Gasteiger charge is -2.44. The summed E-state index contributed by atoms with van der Waals surface area (Å²) in [5, 5.41) is 2.50. The number of aromatic nitrogens is 3. The van der Waals surface area contributed by atoms with Crippen molar-refractivity contribution in [2.75, 3.05) is 9.80 Å². The van der Waals surface area contributed by atoms with E-state index < -0.39 is 0 Å². The first-order valence-corrected chi connectivity index (χ1v) is 29.3. The molecule has 402 valence electrons. The Morgan fingerprint density at radius 2 is 0.750 bits per heavy atom. The van der Waals surface area contributed by atoms with Crippen LogP contribution in [0.2, 0.25) is 0 Å². The van der Waals surface area contributed by atoms with E-state index in [1.165, 1.54) is 72.1 Å². The van der Waals surface area contributed by atoms with Crippen LogP contribution in [-0.2, 0) is 10.8 Å². The maximum Gasteiger partial charge on any atom is 0.252 e. The summed E-state index contributed by atoms with van der Waals surface area (Å²) >= 11 is 0. The standard InChI is InChI=1S/C78H62BN5/c1-77(2,3)57-40-43-69-62(48-57)63-49-58(78(4,5)6)41-44-70(63)84(69)68-42-39-55(76-80-66(53-23-11-7-12-24-53)50-67(81-76)54-25-13-8-14-26-54)45-61(68)52-37-35-51(36-38-52)56-46-73-75-74(47-56)83(60-29-17-10-18-30-60)72-34-22-20-32-65(72)79(75)64-31-19-21-33-71(64)82(73)59-27-15-9-16-28-59/h7-50H,1-6H3. The second kappa shape index (κ2) is 19.9. The van der Waals surface area contributed by atoms with Crippen molar-refractivity contribution in [1.29, 1.82) is 0 Å². The molecule has 0 saturated carbocycles. The Hall–Kier alpha value is -10.0. The molecule has 11 aromatic carbocycles. The van der Waals surface area contributed by atoms with E-state index in [0.717, 1.165) is 67.4 Å². The average Bonchev–Trinajstić information content (AvgIpc) is 1.34. The van der Waals surface area contributed by atoms with Gasteiger partial charge in [-0.05, 0) is 152 Å². The van der Waals surface area contributed by atoms with Crippen LogP contribution in [-0.4, -0.2) is 21.2 Å². The lowest BCUT2D eigenvalue weighted by atomic mass is 9.33. The lowest BCUT2D eigenvalue weighted by Crippen LogP contribution is -2.61. The minimum absolute atomic E-state index is 0.0299. The minimum Gasteiger partial charge on any atom is -0.311 e. The minimum atomic E-state index is -0.0299. The van der Waals surface area contributed by atoms with Gasteiger partial charge in [0.25, 0.3) is 6.71 Å². The fourth-order valence-electron chi connectivity index (χ4n) is 13.0. The van der Waals surface area contributed by atoms with Crippen molar-refractivity contribution in [3.63, 3.8) is 0 Å². The number of benzene rings is 11. The molecule has 0 aliphatic carbocycles. The van der Waals surface area contributed by atoms with E-state index in [1.807, 2.05) is 0 Å². The highest BCUT2D eigenvalue weighted by atomic mass is 15.2. The zero-order valence-corrected chi connectivity index (χ0v) is 48.2. The fourth-order valence-corrected chi connectivity index (χ4v) is 13.0. The van der Waals surface area contributed by atoms with Crippen LogP contribution in [0.15, 0.2) is 267 Å². The summed E-state index contributed by atoms with van der Waals surface area (Å²) in [4.78, 5) is 15.7. The van der Waals surface area contributed by atoms with E-state index in [0.29, 0.717) is 5.82 Å². The van der Waals surface area contributed by atoms with E-state index in [2.05, 4.69) is 323 Å². The fraction of sp³-hybridized carbons (Fsp3) is 0.103. The molecular weight excluding hydrogens is 1020 g/mol. The summed E-state index contributed by atoms with van der Waals surface area (Å²) in [5.74, 6) is 0.668. The van der Waals surface area contributed by atoms with Crippen LogP contribution < -0.4 is 26.2 Å². The predicted molar refractivity (Wildman–Crippen MR) is 355 cm³/mol. The van der Waals surface area contributed by atoms with Gasteiger partial charge in [-0.25, -0.2) is 9.97 Å². The Morgan fingerprint density at radius 3 is 1.23 bits per heavy atom. The Labute approximate surface area is 492 Å². The maximum atomic E-state index is 5.37. The summed E-state index contributed by atoms with van der Waals surface area (Å²) in [7, 11) is 0. The second-order valence-electron chi connectivity index (χ2n) is 24.6. The van der Waals surface area contributed by atoms with Crippen LogP contribution >= 0.6 is 0 Å². The van der Waals surface area contributed by atoms with E-state index in [9.17, 15) is 0 Å². The van der Waals surface area contributed by atoms with Crippen molar-refractivity contribution >= 4 is 79.0 Å². The third-order valence-electron chi connectivity index (χ3n) is 17.3. The highest BCUT2D eigenvalue weighted by Crippen LogP contribution is 2.47.